The number of benzene rings is 2. The predicted octanol–water partition coefficient (Wildman–Crippen LogP) is 3.31. The number of hydrogen-bond donors (Lipinski definition) is 1. The summed E-state index contributed by atoms with van der Waals surface area (Å²) in [4.78, 5) is 30.1. The number of nitrogens with zero attached hydrogens (tertiary/aromatic N) is 2. The van der Waals surface area contributed by atoms with E-state index in [1.54, 1.807) is 29.2 Å². The minimum Gasteiger partial charge on any atom is -0.507 e. The van der Waals surface area contributed by atoms with Crippen molar-refractivity contribution in [2.45, 2.75) is 13.0 Å². The number of carbonyl (C=O) groups excluding carboxylic acids is 2. The van der Waals surface area contributed by atoms with E-state index < -0.39 is 17.7 Å². The number of Topliss-reactive ketones (excluding diaryl/α,β-unsaturated/α-hetero) is 1. The molecule has 0 spiro atoms. The Hall–Kier alpha value is -3.42. The molecule has 2 heterocycles. The first-order valence-electron chi connectivity index (χ1n) is 11.5. The van der Waals surface area contributed by atoms with Gasteiger partial charge in [0, 0.05) is 31.7 Å². The lowest BCUT2D eigenvalue weighted by Gasteiger charge is -2.31. The minimum atomic E-state index is -0.669. The molecule has 34 heavy (non-hydrogen) atoms. The van der Waals surface area contributed by atoms with Crippen LogP contribution in [0.15, 0.2) is 66.8 Å². The standard InChI is InChI=1S/C27H30N2O5/c1-3-15-34-22-10-9-21(18-19(22)2)25(30)23-24(20-7-5-4-6-8-20)29(27(32)26(23)31)12-11-28-13-16-33-17-14-28/h3-10,18,24,30H,1,11-17H2,2H3/b25-23-. The van der Waals surface area contributed by atoms with Gasteiger partial charge in [0.15, 0.2) is 0 Å². The van der Waals surface area contributed by atoms with E-state index in [9.17, 15) is 14.7 Å². The largest absolute Gasteiger partial charge is 0.507 e. The molecular formula is C27H30N2O5. The van der Waals surface area contributed by atoms with E-state index in [2.05, 4.69) is 11.5 Å². The molecule has 2 fully saturated rings. The van der Waals surface area contributed by atoms with Crippen LogP contribution >= 0.6 is 0 Å². The van der Waals surface area contributed by atoms with E-state index in [-0.39, 0.29) is 11.3 Å². The molecule has 2 aliphatic heterocycles. The number of ether oxygens (including phenoxy) is 2. The van der Waals surface area contributed by atoms with Crippen LogP contribution in [0.4, 0.5) is 0 Å². The van der Waals surface area contributed by atoms with Crippen LogP contribution in [0.3, 0.4) is 0 Å². The van der Waals surface area contributed by atoms with Crippen LogP contribution in [-0.2, 0) is 14.3 Å². The van der Waals surface area contributed by atoms with Gasteiger partial charge in [-0.1, -0.05) is 43.0 Å². The van der Waals surface area contributed by atoms with Gasteiger partial charge in [-0.05, 0) is 36.2 Å². The van der Waals surface area contributed by atoms with E-state index in [0.29, 0.717) is 44.2 Å². The van der Waals surface area contributed by atoms with Crippen molar-refractivity contribution in [3.05, 3.63) is 83.4 Å². The van der Waals surface area contributed by atoms with Crippen molar-refractivity contribution < 1.29 is 24.2 Å². The van der Waals surface area contributed by atoms with Crippen molar-refractivity contribution >= 4 is 17.4 Å². The zero-order chi connectivity index (χ0) is 24.1. The van der Waals surface area contributed by atoms with Crippen LogP contribution in [0.5, 0.6) is 5.75 Å². The lowest BCUT2D eigenvalue weighted by molar-refractivity contribution is -0.140. The lowest BCUT2D eigenvalue weighted by Crippen LogP contribution is -2.42. The molecule has 2 saturated heterocycles. The lowest BCUT2D eigenvalue weighted by atomic mass is 9.95. The summed E-state index contributed by atoms with van der Waals surface area (Å²) in [5.41, 5.74) is 2.17. The summed E-state index contributed by atoms with van der Waals surface area (Å²) in [6.45, 7) is 9.81. The molecule has 1 amide bonds. The molecule has 2 aromatic rings. The van der Waals surface area contributed by atoms with Gasteiger partial charge < -0.3 is 19.5 Å². The van der Waals surface area contributed by atoms with Crippen molar-refractivity contribution in [3.63, 3.8) is 0 Å². The summed E-state index contributed by atoms with van der Waals surface area (Å²) in [6.07, 6.45) is 1.66. The number of likely N-dealkylation sites (tertiary alicyclic amines) is 1. The molecule has 0 aliphatic carbocycles. The molecule has 2 aliphatic rings. The number of rotatable bonds is 8. The Morgan fingerprint density at radius 2 is 1.88 bits per heavy atom. The maximum atomic E-state index is 13.2. The van der Waals surface area contributed by atoms with Gasteiger partial charge in [0.25, 0.3) is 11.7 Å². The SMILES string of the molecule is C=CCOc1ccc(/C(O)=C2/C(=O)C(=O)N(CCN3CCOCC3)C2c2ccccc2)cc1C. The third-order valence-corrected chi connectivity index (χ3v) is 6.22. The van der Waals surface area contributed by atoms with E-state index in [4.69, 9.17) is 9.47 Å². The molecule has 7 nitrogen and oxygen atoms in total. The summed E-state index contributed by atoms with van der Waals surface area (Å²) in [5, 5.41) is 11.3. The molecule has 1 N–H and O–H groups in total. The summed E-state index contributed by atoms with van der Waals surface area (Å²) in [5.74, 6) is -0.772. The van der Waals surface area contributed by atoms with E-state index in [1.165, 1.54) is 0 Å². The van der Waals surface area contributed by atoms with Crippen molar-refractivity contribution in [2.24, 2.45) is 0 Å². The topological polar surface area (TPSA) is 79.3 Å². The highest BCUT2D eigenvalue weighted by atomic mass is 16.5. The molecule has 2 aromatic carbocycles. The first-order valence-corrected chi connectivity index (χ1v) is 11.5. The number of amides is 1. The van der Waals surface area contributed by atoms with Crippen LogP contribution in [0.25, 0.3) is 5.76 Å². The van der Waals surface area contributed by atoms with E-state index in [0.717, 1.165) is 24.2 Å². The number of morpholine rings is 1. The van der Waals surface area contributed by atoms with Crippen LogP contribution in [0.1, 0.15) is 22.7 Å². The summed E-state index contributed by atoms with van der Waals surface area (Å²) < 4.78 is 11.0. The van der Waals surface area contributed by atoms with Crippen LogP contribution in [0.2, 0.25) is 0 Å². The molecule has 0 radical (unpaired) electrons. The Morgan fingerprint density at radius 1 is 1.15 bits per heavy atom. The molecule has 4 rings (SSSR count). The summed E-state index contributed by atoms with van der Waals surface area (Å²) >= 11 is 0. The zero-order valence-corrected chi connectivity index (χ0v) is 19.4. The maximum Gasteiger partial charge on any atom is 0.295 e. The molecule has 178 valence electrons. The molecule has 0 aromatic heterocycles. The average Bonchev–Trinajstić information content (AvgIpc) is 3.12. The van der Waals surface area contributed by atoms with Crippen LogP contribution < -0.4 is 4.74 Å². The minimum absolute atomic E-state index is 0.109. The van der Waals surface area contributed by atoms with Gasteiger partial charge in [0.1, 0.15) is 18.1 Å². The number of aryl methyl sites for hydroxylation is 1. The van der Waals surface area contributed by atoms with Crippen molar-refractivity contribution in [3.8, 4) is 5.75 Å². The summed E-state index contributed by atoms with van der Waals surface area (Å²) in [7, 11) is 0. The van der Waals surface area contributed by atoms with Crippen molar-refractivity contribution in [1.29, 1.82) is 0 Å². The maximum absolute atomic E-state index is 13.2. The third-order valence-electron chi connectivity index (χ3n) is 6.22. The molecular weight excluding hydrogens is 432 g/mol. The number of aliphatic hydroxyl groups is 1. The molecule has 1 unspecified atom stereocenters. The molecule has 1 atom stereocenters. The molecule has 7 heteroatoms. The fourth-order valence-corrected chi connectivity index (χ4v) is 4.43. The number of hydrogen-bond acceptors (Lipinski definition) is 6. The highest BCUT2D eigenvalue weighted by Crippen LogP contribution is 2.39. The monoisotopic (exact) mass is 462 g/mol. The Bertz CT molecular complexity index is 1090. The Kier molecular flexibility index (Phi) is 7.45. The van der Waals surface area contributed by atoms with Gasteiger partial charge in [-0.25, -0.2) is 0 Å². The fraction of sp³-hybridized carbons (Fsp3) is 0.333. The van der Waals surface area contributed by atoms with Crippen molar-refractivity contribution in [1.82, 2.24) is 9.80 Å². The first kappa shape index (κ1) is 23.7. The number of ketones is 1. The number of aliphatic hydroxyl groups excluding tert-OH is 1. The first-order chi connectivity index (χ1) is 16.5. The van der Waals surface area contributed by atoms with Gasteiger partial charge in [0.05, 0.1) is 24.8 Å². The number of carbonyl (C=O) groups is 2. The summed E-state index contributed by atoms with van der Waals surface area (Å²) in [6, 6.07) is 13.9. The second-order valence-electron chi connectivity index (χ2n) is 8.44. The highest BCUT2D eigenvalue weighted by Gasteiger charge is 2.46. The van der Waals surface area contributed by atoms with Crippen LogP contribution in [0, 0.1) is 6.92 Å². The third kappa shape index (κ3) is 4.90. The predicted molar refractivity (Wildman–Crippen MR) is 130 cm³/mol. The second kappa shape index (κ2) is 10.7. The molecule has 0 bridgehead atoms. The van der Waals surface area contributed by atoms with Gasteiger partial charge in [-0.3, -0.25) is 14.5 Å². The van der Waals surface area contributed by atoms with Crippen molar-refractivity contribution in [2.75, 3.05) is 46.0 Å². The van der Waals surface area contributed by atoms with Gasteiger partial charge in [0.2, 0.25) is 0 Å². The van der Waals surface area contributed by atoms with Gasteiger partial charge in [-0.15, -0.1) is 0 Å². The Balaban J connectivity index is 1.70. The van der Waals surface area contributed by atoms with Gasteiger partial charge >= 0.3 is 0 Å². The van der Waals surface area contributed by atoms with E-state index >= 15 is 0 Å². The quantitative estimate of drug-likeness (QED) is 0.281. The van der Waals surface area contributed by atoms with E-state index in [1.807, 2.05) is 37.3 Å². The Labute approximate surface area is 199 Å². The average molecular weight is 463 g/mol. The zero-order valence-electron chi connectivity index (χ0n) is 19.4. The fourth-order valence-electron chi connectivity index (χ4n) is 4.43. The second-order valence-corrected chi connectivity index (χ2v) is 8.44. The smallest absolute Gasteiger partial charge is 0.295 e. The normalized spacial score (nSPS) is 20.5. The highest BCUT2D eigenvalue weighted by molar-refractivity contribution is 6.46. The van der Waals surface area contributed by atoms with Crippen LogP contribution in [-0.4, -0.2) is 72.6 Å². The van der Waals surface area contributed by atoms with Gasteiger partial charge in [-0.2, -0.15) is 0 Å². The Morgan fingerprint density at radius 3 is 2.56 bits per heavy atom. The molecule has 0 saturated carbocycles.